The van der Waals surface area contributed by atoms with Crippen LogP contribution in [0.1, 0.15) is 60.8 Å². The minimum absolute atomic E-state index is 0.295. The first-order valence-corrected chi connectivity index (χ1v) is 6.92. The fourth-order valence-electron chi connectivity index (χ4n) is 2.80. The zero-order valence-electron chi connectivity index (χ0n) is 12.1. The minimum atomic E-state index is 0.295. The molecule has 0 aliphatic carbocycles. The second-order valence-electron chi connectivity index (χ2n) is 6.04. The molecule has 1 unspecified atom stereocenters. The molecule has 1 N–H and O–H groups in total. The van der Waals surface area contributed by atoms with E-state index in [2.05, 4.69) is 51.8 Å². The van der Waals surface area contributed by atoms with Crippen molar-refractivity contribution in [1.29, 1.82) is 0 Å². The van der Waals surface area contributed by atoms with Crippen molar-refractivity contribution in [2.75, 3.05) is 13.1 Å². The van der Waals surface area contributed by atoms with Crippen LogP contribution in [0.4, 0.5) is 0 Å². The van der Waals surface area contributed by atoms with Crippen molar-refractivity contribution in [3.63, 3.8) is 0 Å². The van der Waals surface area contributed by atoms with Gasteiger partial charge in [0.1, 0.15) is 0 Å². The van der Waals surface area contributed by atoms with Crippen LogP contribution in [0.5, 0.6) is 0 Å². The average molecular weight is 226 g/mol. The smallest absolute Gasteiger partial charge is 0.0304 e. The Morgan fingerprint density at radius 3 is 2.19 bits per heavy atom. The lowest BCUT2D eigenvalue weighted by atomic mass is 9.84. The van der Waals surface area contributed by atoms with Crippen LogP contribution in [-0.2, 0) is 0 Å². The van der Waals surface area contributed by atoms with Crippen LogP contribution in [-0.4, -0.2) is 35.1 Å². The van der Waals surface area contributed by atoms with Crippen molar-refractivity contribution < 1.29 is 0 Å². The fourth-order valence-corrected chi connectivity index (χ4v) is 2.80. The van der Waals surface area contributed by atoms with Crippen molar-refractivity contribution in [2.24, 2.45) is 0 Å². The summed E-state index contributed by atoms with van der Waals surface area (Å²) >= 11 is 0. The summed E-state index contributed by atoms with van der Waals surface area (Å²) in [6.45, 7) is 16.3. The van der Waals surface area contributed by atoms with E-state index in [0.717, 1.165) is 6.54 Å². The number of nitrogens with one attached hydrogen (secondary N) is 1. The van der Waals surface area contributed by atoms with Crippen LogP contribution in [0.25, 0.3) is 0 Å². The molecule has 2 heteroatoms. The Kier molecular flexibility index (Phi) is 4.42. The second-order valence-corrected chi connectivity index (χ2v) is 6.04. The van der Waals surface area contributed by atoms with Crippen LogP contribution < -0.4 is 5.32 Å². The van der Waals surface area contributed by atoms with Gasteiger partial charge in [0.2, 0.25) is 0 Å². The molecule has 1 atom stereocenters. The molecule has 2 nitrogen and oxygen atoms in total. The molecule has 0 aromatic carbocycles. The van der Waals surface area contributed by atoms with E-state index >= 15 is 0 Å². The highest BCUT2D eigenvalue weighted by atomic mass is 15.3. The van der Waals surface area contributed by atoms with Crippen LogP contribution in [0.15, 0.2) is 0 Å². The standard InChI is InChI=1S/C14H30N2/c1-7-12(4)16-11-14(8-2,9-3)15-10-13(16,5)6/h12,15H,7-11H2,1-6H3. The monoisotopic (exact) mass is 226 g/mol. The molecular weight excluding hydrogens is 196 g/mol. The maximum atomic E-state index is 3.79. The number of hydrogen-bond donors (Lipinski definition) is 1. The predicted molar refractivity (Wildman–Crippen MR) is 71.9 cm³/mol. The third-order valence-electron chi connectivity index (χ3n) is 4.62. The highest BCUT2D eigenvalue weighted by molar-refractivity contribution is 5.02. The second kappa shape index (κ2) is 5.05. The van der Waals surface area contributed by atoms with Crippen LogP contribution in [0, 0.1) is 0 Å². The van der Waals surface area contributed by atoms with E-state index in [-0.39, 0.29) is 0 Å². The molecule has 1 aliphatic heterocycles. The molecular formula is C14H30N2. The molecule has 0 aromatic heterocycles. The van der Waals surface area contributed by atoms with Gasteiger partial charge in [0.15, 0.2) is 0 Å². The van der Waals surface area contributed by atoms with Gasteiger partial charge in [-0.2, -0.15) is 0 Å². The summed E-state index contributed by atoms with van der Waals surface area (Å²) < 4.78 is 0. The Morgan fingerprint density at radius 1 is 1.19 bits per heavy atom. The van der Waals surface area contributed by atoms with Crippen molar-refractivity contribution in [1.82, 2.24) is 10.2 Å². The highest BCUT2D eigenvalue weighted by Gasteiger charge is 2.42. The van der Waals surface area contributed by atoms with Gasteiger partial charge in [-0.3, -0.25) is 4.90 Å². The number of hydrogen-bond acceptors (Lipinski definition) is 2. The molecule has 96 valence electrons. The lowest BCUT2D eigenvalue weighted by molar-refractivity contribution is -0.00647. The zero-order chi connectivity index (χ0) is 12.4. The molecule has 0 radical (unpaired) electrons. The summed E-state index contributed by atoms with van der Waals surface area (Å²) in [6, 6.07) is 0.689. The van der Waals surface area contributed by atoms with Gasteiger partial charge in [-0.25, -0.2) is 0 Å². The predicted octanol–water partition coefficient (Wildman–Crippen LogP) is 3.03. The number of rotatable bonds is 4. The van der Waals surface area contributed by atoms with E-state index in [1.165, 1.54) is 25.8 Å². The summed E-state index contributed by atoms with van der Waals surface area (Å²) in [6.07, 6.45) is 3.70. The third-order valence-corrected chi connectivity index (χ3v) is 4.62. The lowest BCUT2D eigenvalue weighted by Crippen LogP contribution is -2.69. The van der Waals surface area contributed by atoms with Gasteiger partial charge in [0, 0.05) is 30.2 Å². The van der Waals surface area contributed by atoms with Gasteiger partial charge < -0.3 is 5.32 Å². The molecule has 1 rings (SSSR count). The molecule has 0 saturated carbocycles. The van der Waals surface area contributed by atoms with Crippen molar-refractivity contribution in [3.8, 4) is 0 Å². The Hall–Kier alpha value is -0.0800. The van der Waals surface area contributed by atoms with Gasteiger partial charge in [0.25, 0.3) is 0 Å². The first-order chi connectivity index (χ1) is 7.40. The minimum Gasteiger partial charge on any atom is -0.308 e. The molecule has 1 heterocycles. The highest BCUT2D eigenvalue weighted by Crippen LogP contribution is 2.30. The van der Waals surface area contributed by atoms with E-state index in [1.54, 1.807) is 0 Å². The van der Waals surface area contributed by atoms with Gasteiger partial charge in [-0.15, -0.1) is 0 Å². The van der Waals surface area contributed by atoms with Crippen molar-refractivity contribution in [3.05, 3.63) is 0 Å². The molecule has 16 heavy (non-hydrogen) atoms. The fraction of sp³-hybridized carbons (Fsp3) is 1.00. The quantitative estimate of drug-likeness (QED) is 0.792. The van der Waals surface area contributed by atoms with Gasteiger partial charge in [-0.05, 0) is 40.0 Å². The van der Waals surface area contributed by atoms with Crippen LogP contribution in [0.3, 0.4) is 0 Å². The molecule has 0 amide bonds. The molecule has 1 aliphatic rings. The maximum Gasteiger partial charge on any atom is 0.0304 e. The van der Waals surface area contributed by atoms with Crippen molar-refractivity contribution in [2.45, 2.75) is 77.9 Å². The number of piperazine rings is 1. The van der Waals surface area contributed by atoms with Crippen LogP contribution >= 0.6 is 0 Å². The molecule has 1 saturated heterocycles. The summed E-state index contributed by atoms with van der Waals surface area (Å²) in [5, 5.41) is 3.79. The summed E-state index contributed by atoms with van der Waals surface area (Å²) in [4.78, 5) is 2.70. The van der Waals surface area contributed by atoms with E-state index in [1.807, 2.05) is 0 Å². The van der Waals surface area contributed by atoms with E-state index in [0.29, 0.717) is 17.1 Å². The Bertz CT molecular complexity index is 219. The normalized spacial score (nSPS) is 26.6. The molecule has 0 spiro atoms. The maximum absolute atomic E-state index is 3.79. The zero-order valence-corrected chi connectivity index (χ0v) is 12.1. The summed E-state index contributed by atoms with van der Waals surface area (Å²) in [5.41, 5.74) is 0.641. The summed E-state index contributed by atoms with van der Waals surface area (Å²) in [7, 11) is 0. The van der Waals surface area contributed by atoms with Gasteiger partial charge >= 0.3 is 0 Å². The van der Waals surface area contributed by atoms with E-state index < -0.39 is 0 Å². The Morgan fingerprint density at radius 2 is 1.75 bits per heavy atom. The Balaban J connectivity index is 2.84. The topological polar surface area (TPSA) is 15.3 Å². The average Bonchev–Trinajstić information content (AvgIpc) is 2.29. The van der Waals surface area contributed by atoms with Crippen molar-refractivity contribution >= 4 is 0 Å². The SMILES string of the molecule is CCC(C)N1CC(CC)(CC)NCC1(C)C. The molecule has 1 fully saturated rings. The largest absolute Gasteiger partial charge is 0.308 e. The number of nitrogens with zero attached hydrogens (tertiary/aromatic N) is 1. The first-order valence-electron chi connectivity index (χ1n) is 6.92. The molecule has 0 bridgehead atoms. The first kappa shape index (κ1) is 14.0. The van der Waals surface area contributed by atoms with E-state index in [4.69, 9.17) is 0 Å². The molecule has 0 aromatic rings. The lowest BCUT2D eigenvalue weighted by Gasteiger charge is -2.54. The third kappa shape index (κ3) is 2.60. The van der Waals surface area contributed by atoms with Crippen LogP contribution in [0.2, 0.25) is 0 Å². The summed E-state index contributed by atoms with van der Waals surface area (Å²) in [5.74, 6) is 0. The van der Waals surface area contributed by atoms with E-state index in [9.17, 15) is 0 Å². The van der Waals surface area contributed by atoms with Gasteiger partial charge in [-0.1, -0.05) is 20.8 Å². The Labute approximate surface area is 102 Å². The van der Waals surface area contributed by atoms with Gasteiger partial charge in [0.05, 0.1) is 0 Å².